The number of piperidine rings is 1. The molecule has 1 atom stereocenters. The first-order chi connectivity index (χ1) is 13.5. The van der Waals surface area contributed by atoms with Gasteiger partial charge in [0, 0.05) is 38.3 Å². The van der Waals surface area contributed by atoms with E-state index in [2.05, 4.69) is 29.5 Å². The Labute approximate surface area is 167 Å². The molecule has 2 N–H and O–H groups in total. The van der Waals surface area contributed by atoms with E-state index < -0.39 is 11.6 Å². The topological polar surface area (TPSA) is 42.9 Å². The zero-order valence-electron chi connectivity index (χ0n) is 17.1. The van der Waals surface area contributed by atoms with Crippen molar-refractivity contribution in [3.63, 3.8) is 0 Å². The van der Waals surface area contributed by atoms with Crippen LogP contribution in [-0.4, -0.2) is 63.2 Å². The summed E-state index contributed by atoms with van der Waals surface area (Å²) < 4.78 is 27.2. The van der Waals surface area contributed by atoms with Crippen LogP contribution in [0, 0.1) is 17.6 Å². The maximum absolute atomic E-state index is 14.0. The van der Waals surface area contributed by atoms with Crippen molar-refractivity contribution in [3.05, 3.63) is 29.8 Å². The van der Waals surface area contributed by atoms with E-state index in [1.165, 1.54) is 38.1 Å². The standard InChI is InChI=1S/C21H33F2N5/c1-3-24-21(25-10-6-16-7-11-27(2)12-8-16)26-18-9-13-28(15-18)20-5-4-17(22)14-19(20)23/h4-5,14,16,18H,3,6-13,15H2,1-2H3,(H2,24,25,26). The second-order valence-electron chi connectivity index (χ2n) is 7.97. The molecular weight excluding hydrogens is 360 g/mol. The van der Waals surface area contributed by atoms with E-state index in [1.54, 1.807) is 0 Å². The summed E-state index contributed by atoms with van der Waals surface area (Å²) >= 11 is 0. The second kappa shape index (κ2) is 10.0. The van der Waals surface area contributed by atoms with E-state index in [1.807, 2.05) is 4.90 Å². The molecule has 2 heterocycles. The van der Waals surface area contributed by atoms with Crippen molar-refractivity contribution < 1.29 is 8.78 Å². The summed E-state index contributed by atoms with van der Waals surface area (Å²) in [6.45, 7) is 7.49. The summed E-state index contributed by atoms with van der Waals surface area (Å²) in [5, 5.41) is 6.80. The van der Waals surface area contributed by atoms with Crippen molar-refractivity contribution in [2.45, 2.75) is 38.6 Å². The number of halogens is 2. The summed E-state index contributed by atoms with van der Waals surface area (Å²) in [4.78, 5) is 9.11. The van der Waals surface area contributed by atoms with Gasteiger partial charge in [-0.1, -0.05) is 0 Å². The third-order valence-corrected chi connectivity index (χ3v) is 5.77. The van der Waals surface area contributed by atoms with E-state index in [-0.39, 0.29) is 6.04 Å². The lowest BCUT2D eigenvalue weighted by atomic mass is 9.94. The Morgan fingerprint density at radius 1 is 1.18 bits per heavy atom. The first-order valence-corrected chi connectivity index (χ1v) is 10.5. The van der Waals surface area contributed by atoms with Gasteiger partial charge in [0.1, 0.15) is 11.6 Å². The minimum atomic E-state index is -0.540. The lowest BCUT2D eigenvalue weighted by Gasteiger charge is -2.28. The molecule has 0 aromatic heterocycles. The molecule has 0 bridgehead atoms. The third kappa shape index (κ3) is 5.80. The van der Waals surface area contributed by atoms with Gasteiger partial charge in [0.2, 0.25) is 0 Å². The maximum Gasteiger partial charge on any atom is 0.191 e. The number of nitrogens with zero attached hydrogens (tertiary/aromatic N) is 3. The van der Waals surface area contributed by atoms with Gasteiger partial charge in [-0.25, -0.2) is 8.78 Å². The molecule has 2 fully saturated rings. The number of guanidine groups is 1. The molecule has 1 unspecified atom stereocenters. The van der Waals surface area contributed by atoms with Crippen LogP contribution < -0.4 is 15.5 Å². The Morgan fingerprint density at radius 3 is 2.68 bits per heavy atom. The average Bonchev–Trinajstić information content (AvgIpc) is 3.11. The number of rotatable bonds is 6. The summed E-state index contributed by atoms with van der Waals surface area (Å²) in [6.07, 6.45) is 4.55. The monoisotopic (exact) mass is 393 g/mol. The molecule has 1 aromatic rings. The molecule has 0 aliphatic carbocycles. The van der Waals surface area contributed by atoms with Crippen molar-refractivity contribution in [2.75, 3.05) is 51.2 Å². The minimum Gasteiger partial charge on any atom is -0.367 e. The molecule has 1 aromatic carbocycles. The first kappa shape index (κ1) is 20.8. The Hall–Kier alpha value is -1.89. The molecular formula is C21H33F2N5. The minimum absolute atomic E-state index is 0.200. The van der Waals surface area contributed by atoms with Crippen LogP contribution in [0.1, 0.15) is 32.6 Å². The van der Waals surface area contributed by atoms with Crippen LogP contribution in [0.15, 0.2) is 23.2 Å². The molecule has 0 spiro atoms. The summed E-state index contributed by atoms with van der Waals surface area (Å²) in [7, 11) is 2.18. The van der Waals surface area contributed by atoms with Gasteiger partial charge in [-0.3, -0.25) is 4.99 Å². The van der Waals surface area contributed by atoms with Crippen LogP contribution in [0.5, 0.6) is 0 Å². The SMILES string of the molecule is CCNC(=NCCC1CCN(C)CC1)NC1CCN(c2ccc(F)cc2F)C1. The molecule has 0 saturated carbocycles. The Kier molecular flexibility index (Phi) is 7.48. The van der Waals surface area contributed by atoms with Gasteiger partial charge in [-0.05, 0) is 70.8 Å². The van der Waals surface area contributed by atoms with Crippen molar-refractivity contribution in [1.29, 1.82) is 0 Å². The summed E-state index contributed by atoms with van der Waals surface area (Å²) in [5.41, 5.74) is 0.468. The largest absolute Gasteiger partial charge is 0.367 e. The number of aliphatic imine (C=N–C) groups is 1. The zero-order chi connectivity index (χ0) is 19.9. The highest BCUT2D eigenvalue weighted by molar-refractivity contribution is 5.80. The van der Waals surface area contributed by atoms with Gasteiger partial charge in [0.15, 0.2) is 5.96 Å². The quantitative estimate of drug-likeness (QED) is 0.576. The van der Waals surface area contributed by atoms with E-state index in [0.717, 1.165) is 50.4 Å². The van der Waals surface area contributed by atoms with E-state index in [0.29, 0.717) is 12.2 Å². The van der Waals surface area contributed by atoms with Gasteiger partial charge in [-0.2, -0.15) is 0 Å². The molecule has 7 heteroatoms. The predicted octanol–water partition coefficient (Wildman–Crippen LogP) is 2.83. The summed E-state index contributed by atoms with van der Waals surface area (Å²) in [6, 6.07) is 3.98. The Bertz CT molecular complexity index is 658. The normalized spacial score (nSPS) is 21.9. The van der Waals surface area contributed by atoms with E-state index in [9.17, 15) is 8.78 Å². The zero-order valence-corrected chi connectivity index (χ0v) is 17.1. The fraction of sp³-hybridized carbons (Fsp3) is 0.667. The number of hydrogen-bond acceptors (Lipinski definition) is 3. The number of nitrogens with one attached hydrogen (secondary N) is 2. The van der Waals surface area contributed by atoms with E-state index >= 15 is 0 Å². The molecule has 3 rings (SSSR count). The second-order valence-corrected chi connectivity index (χ2v) is 7.97. The lowest BCUT2D eigenvalue weighted by Crippen LogP contribution is -2.44. The number of anilines is 1. The van der Waals surface area contributed by atoms with Gasteiger partial charge in [0.05, 0.1) is 5.69 Å². The molecule has 2 saturated heterocycles. The van der Waals surface area contributed by atoms with Gasteiger partial charge in [-0.15, -0.1) is 0 Å². The van der Waals surface area contributed by atoms with Crippen molar-refractivity contribution in [2.24, 2.45) is 10.9 Å². The Balaban J connectivity index is 1.50. The molecule has 0 radical (unpaired) electrons. The first-order valence-electron chi connectivity index (χ1n) is 10.5. The highest BCUT2D eigenvalue weighted by Gasteiger charge is 2.25. The van der Waals surface area contributed by atoms with Crippen molar-refractivity contribution in [1.82, 2.24) is 15.5 Å². The van der Waals surface area contributed by atoms with Gasteiger partial charge >= 0.3 is 0 Å². The van der Waals surface area contributed by atoms with Crippen molar-refractivity contribution >= 4 is 11.6 Å². The third-order valence-electron chi connectivity index (χ3n) is 5.77. The maximum atomic E-state index is 14.0. The molecule has 5 nitrogen and oxygen atoms in total. The highest BCUT2D eigenvalue weighted by Crippen LogP contribution is 2.24. The number of likely N-dealkylation sites (tertiary alicyclic amines) is 1. The smallest absolute Gasteiger partial charge is 0.191 e. The number of benzene rings is 1. The van der Waals surface area contributed by atoms with Crippen LogP contribution in [-0.2, 0) is 0 Å². The van der Waals surface area contributed by atoms with Gasteiger partial charge < -0.3 is 20.4 Å². The van der Waals surface area contributed by atoms with Crippen LogP contribution >= 0.6 is 0 Å². The fourth-order valence-electron chi connectivity index (χ4n) is 4.06. The van der Waals surface area contributed by atoms with Gasteiger partial charge in [0.25, 0.3) is 0 Å². The number of hydrogen-bond donors (Lipinski definition) is 2. The molecule has 28 heavy (non-hydrogen) atoms. The fourth-order valence-corrected chi connectivity index (χ4v) is 4.06. The average molecular weight is 394 g/mol. The van der Waals surface area contributed by atoms with Crippen LogP contribution in [0.25, 0.3) is 0 Å². The van der Waals surface area contributed by atoms with Crippen molar-refractivity contribution in [3.8, 4) is 0 Å². The van der Waals surface area contributed by atoms with Crippen LogP contribution in [0.4, 0.5) is 14.5 Å². The lowest BCUT2D eigenvalue weighted by molar-refractivity contribution is 0.214. The highest BCUT2D eigenvalue weighted by atomic mass is 19.1. The molecule has 2 aliphatic heterocycles. The van der Waals surface area contributed by atoms with Crippen LogP contribution in [0.2, 0.25) is 0 Å². The van der Waals surface area contributed by atoms with Crippen LogP contribution in [0.3, 0.4) is 0 Å². The Morgan fingerprint density at radius 2 is 1.96 bits per heavy atom. The molecule has 2 aliphatic rings. The predicted molar refractivity (Wildman–Crippen MR) is 111 cm³/mol. The van der Waals surface area contributed by atoms with E-state index in [4.69, 9.17) is 4.99 Å². The molecule has 0 amide bonds. The summed E-state index contributed by atoms with van der Waals surface area (Å²) in [5.74, 6) is 0.564. The molecule has 156 valence electrons.